The molecule has 0 amide bonds. The lowest BCUT2D eigenvalue weighted by atomic mass is 10.1. The maximum Gasteiger partial charge on any atom is 0.119 e. The summed E-state index contributed by atoms with van der Waals surface area (Å²) in [6.07, 6.45) is 1.34. The molecule has 1 aromatic carbocycles. The summed E-state index contributed by atoms with van der Waals surface area (Å²) in [5.41, 5.74) is 7.37. The molecule has 1 saturated heterocycles. The number of rotatable bonds is 4. The largest absolute Gasteiger partial charge is 0.491 e. The number of hydrogen-bond acceptors (Lipinski definition) is 3. The summed E-state index contributed by atoms with van der Waals surface area (Å²) < 4.78 is 5.64. The lowest BCUT2D eigenvalue weighted by molar-refractivity contribution is 0.241. The Balaban J connectivity index is 1.94. The smallest absolute Gasteiger partial charge is 0.119 e. The molecule has 100 valence electrons. The minimum Gasteiger partial charge on any atom is -0.491 e. The van der Waals surface area contributed by atoms with Crippen LogP contribution < -0.4 is 10.5 Å². The number of hydrogen-bond donors (Lipinski definition) is 1. The fourth-order valence-corrected chi connectivity index (χ4v) is 2.43. The van der Waals surface area contributed by atoms with Gasteiger partial charge in [0.25, 0.3) is 0 Å². The van der Waals surface area contributed by atoms with Gasteiger partial charge in [-0.1, -0.05) is 12.1 Å². The van der Waals surface area contributed by atoms with Crippen molar-refractivity contribution in [1.29, 1.82) is 0 Å². The van der Waals surface area contributed by atoms with E-state index in [9.17, 15) is 0 Å². The van der Waals surface area contributed by atoms with Gasteiger partial charge in [0.05, 0.1) is 6.10 Å². The normalized spacial score (nSPS) is 24.7. The topological polar surface area (TPSA) is 38.5 Å². The van der Waals surface area contributed by atoms with Gasteiger partial charge in [-0.2, -0.15) is 0 Å². The molecule has 2 atom stereocenters. The second kappa shape index (κ2) is 5.72. The van der Waals surface area contributed by atoms with Gasteiger partial charge in [0, 0.05) is 25.2 Å². The van der Waals surface area contributed by atoms with Crippen LogP contribution in [-0.4, -0.2) is 29.6 Å². The third-order valence-electron chi connectivity index (χ3n) is 3.63. The highest BCUT2D eigenvalue weighted by molar-refractivity contribution is 5.27. The Morgan fingerprint density at radius 3 is 2.50 bits per heavy atom. The molecular weight excluding hydrogens is 224 g/mol. The van der Waals surface area contributed by atoms with Gasteiger partial charge in [-0.05, 0) is 44.9 Å². The lowest BCUT2D eigenvalue weighted by Crippen LogP contribution is -2.36. The van der Waals surface area contributed by atoms with Crippen LogP contribution in [0.5, 0.6) is 5.75 Å². The molecule has 2 unspecified atom stereocenters. The molecule has 2 rings (SSSR count). The zero-order valence-electron chi connectivity index (χ0n) is 11.6. The highest BCUT2D eigenvalue weighted by Gasteiger charge is 2.27. The Morgan fingerprint density at radius 2 is 2.00 bits per heavy atom. The Labute approximate surface area is 110 Å². The van der Waals surface area contributed by atoms with Crippen LogP contribution in [0, 0.1) is 0 Å². The standard InChI is InChI=1S/C15H24N2O/c1-11(2)18-14-6-4-13(5-7-14)10-17-9-8-15(16)12(17)3/h4-7,11-12,15H,8-10,16H2,1-3H3. The van der Waals surface area contributed by atoms with E-state index in [0.717, 1.165) is 25.3 Å². The van der Waals surface area contributed by atoms with Crippen molar-refractivity contribution in [3.63, 3.8) is 0 Å². The van der Waals surface area contributed by atoms with E-state index in [0.29, 0.717) is 12.1 Å². The van der Waals surface area contributed by atoms with Gasteiger partial charge in [0.1, 0.15) is 5.75 Å². The van der Waals surface area contributed by atoms with Gasteiger partial charge in [0.15, 0.2) is 0 Å². The molecule has 3 heteroatoms. The molecule has 1 aliphatic heterocycles. The second-order valence-corrected chi connectivity index (χ2v) is 5.47. The fourth-order valence-electron chi connectivity index (χ4n) is 2.43. The third kappa shape index (κ3) is 3.24. The zero-order valence-corrected chi connectivity index (χ0v) is 11.6. The van der Waals surface area contributed by atoms with Crippen molar-refractivity contribution in [3.8, 4) is 5.75 Å². The van der Waals surface area contributed by atoms with E-state index in [1.165, 1.54) is 5.56 Å². The molecule has 0 bridgehead atoms. The van der Waals surface area contributed by atoms with Gasteiger partial charge in [-0.25, -0.2) is 0 Å². The van der Waals surface area contributed by atoms with Crippen LogP contribution in [0.1, 0.15) is 32.8 Å². The maximum absolute atomic E-state index is 6.04. The predicted octanol–water partition coefficient (Wildman–Crippen LogP) is 2.40. The first-order valence-corrected chi connectivity index (χ1v) is 6.81. The van der Waals surface area contributed by atoms with Crippen LogP contribution in [-0.2, 0) is 6.54 Å². The zero-order chi connectivity index (χ0) is 13.1. The van der Waals surface area contributed by atoms with Crippen LogP contribution in [0.3, 0.4) is 0 Å². The summed E-state index contributed by atoms with van der Waals surface area (Å²) in [6, 6.07) is 9.21. The molecule has 1 heterocycles. The first-order valence-electron chi connectivity index (χ1n) is 6.81. The summed E-state index contributed by atoms with van der Waals surface area (Å²) >= 11 is 0. The lowest BCUT2D eigenvalue weighted by Gasteiger charge is -2.23. The summed E-state index contributed by atoms with van der Waals surface area (Å²) in [6.45, 7) is 8.39. The van der Waals surface area contributed by atoms with Crippen molar-refractivity contribution in [2.75, 3.05) is 6.54 Å². The van der Waals surface area contributed by atoms with E-state index in [-0.39, 0.29) is 6.10 Å². The number of nitrogens with two attached hydrogens (primary N) is 1. The van der Waals surface area contributed by atoms with Crippen LogP contribution in [0.4, 0.5) is 0 Å². The molecule has 0 saturated carbocycles. The van der Waals surface area contributed by atoms with Crippen molar-refractivity contribution in [2.45, 2.75) is 51.9 Å². The highest BCUT2D eigenvalue weighted by atomic mass is 16.5. The minimum atomic E-state index is 0.229. The molecular formula is C15H24N2O. The third-order valence-corrected chi connectivity index (χ3v) is 3.63. The Bertz CT molecular complexity index is 375. The van der Waals surface area contributed by atoms with Crippen molar-refractivity contribution in [1.82, 2.24) is 4.90 Å². The molecule has 0 spiro atoms. The molecule has 1 aliphatic rings. The van der Waals surface area contributed by atoms with E-state index in [1.54, 1.807) is 0 Å². The molecule has 3 nitrogen and oxygen atoms in total. The van der Waals surface area contributed by atoms with Gasteiger partial charge < -0.3 is 10.5 Å². The minimum absolute atomic E-state index is 0.229. The molecule has 0 radical (unpaired) electrons. The van der Waals surface area contributed by atoms with Crippen LogP contribution in [0.25, 0.3) is 0 Å². The SMILES string of the molecule is CC(C)Oc1ccc(CN2CCC(N)C2C)cc1. The maximum atomic E-state index is 6.04. The summed E-state index contributed by atoms with van der Waals surface area (Å²) in [5.74, 6) is 0.944. The van der Waals surface area contributed by atoms with E-state index in [4.69, 9.17) is 10.5 Å². The van der Waals surface area contributed by atoms with Crippen LogP contribution in [0.2, 0.25) is 0 Å². The van der Waals surface area contributed by atoms with E-state index in [2.05, 4.69) is 36.1 Å². The Kier molecular flexibility index (Phi) is 4.25. The summed E-state index contributed by atoms with van der Waals surface area (Å²) in [5, 5.41) is 0. The average molecular weight is 248 g/mol. The molecule has 18 heavy (non-hydrogen) atoms. The van der Waals surface area contributed by atoms with Crippen molar-refractivity contribution < 1.29 is 4.74 Å². The van der Waals surface area contributed by atoms with E-state index < -0.39 is 0 Å². The second-order valence-electron chi connectivity index (χ2n) is 5.47. The van der Waals surface area contributed by atoms with Crippen molar-refractivity contribution in [3.05, 3.63) is 29.8 Å². The van der Waals surface area contributed by atoms with Gasteiger partial charge in [0.2, 0.25) is 0 Å². The van der Waals surface area contributed by atoms with Crippen LogP contribution in [0.15, 0.2) is 24.3 Å². The van der Waals surface area contributed by atoms with Gasteiger partial charge >= 0.3 is 0 Å². The van der Waals surface area contributed by atoms with Crippen LogP contribution >= 0.6 is 0 Å². The Hall–Kier alpha value is -1.06. The first kappa shape index (κ1) is 13.4. The molecule has 2 N–H and O–H groups in total. The number of likely N-dealkylation sites (tertiary alicyclic amines) is 1. The van der Waals surface area contributed by atoms with Gasteiger partial charge in [-0.3, -0.25) is 4.90 Å². The monoisotopic (exact) mass is 248 g/mol. The quantitative estimate of drug-likeness (QED) is 0.889. The summed E-state index contributed by atoms with van der Waals surface area (Å²) in [7, 11) is 0. The fraction of sp³-hybridized carbons (Fsp3) is 0.600. The first-order chi connectivity index (χ1) is 8.56. The highest BCUT2D eigenvalue weighted by Crippen LogP contribution is 2.20. The number of ether oxygens (including phenoxy) is 1. The average Bonchev–Trinajstić information content (AvgIpc) is 2.63. The van der Waals surface area contributed by atoms with Crippen molar-refractivity contribution in [2.24, 2.45) is 5.73 Å². The Morgan fingerprint density at radius 1 is 1.33 bits per heavy atom. The number of nitrogens with zero attached hydrogens (tertiary/aromatic N) is 1. The molecule has 1 fully saturated rings. The predicted molar refractivity (Wildman–Crippen MR) is 74.7 cm³/mol. The van der Waals surface area contributed by atoms with E-state index >= 15 is 0 Å². The molecule has 1 aromatic rings. The molecule has 0 aliphatic carbocycles. The van der Waals surface area contributed by atoms with Gasteiger partial charge in [-0.15, -0.1) is 0 Å². The van der Waals surface area contributed by atoms with E-state index in [1.807, 2.05) is 13.8 Å². The number of benzene rings is 1. The molecule has 0 aromatic heterocycles. The van der Waals surface area contributed by atoms with Crippen molar-refractivity contribution >= 4 is 0 Å². The summed E-state index contributed by atoms with van der Waals surface area (Å²) in [4.78, 5) is 2.45.